The van der Waals surface area contributed by atoms with Crippen LogP contribution in [0.25, 0.3) is 9.88 Å². The second-order valence-electron chi connectivity index (χ2n) is 5.28. The van der Waals surface area contributed by atoms with Crippen molar-refractivity contribution < 1.29 is 9.59 Å². The van der Waals surface area contributed by atoms with Crippen molar-refractivity contribution in [2.75, 3.05) is 0 Å². The smallest absolute Gasteiger partial charge is 0.263 e. The molecule has 128 valence electrons. The van der Waals surface area contributed by atoms with Gasteiger partial charge in [-0.3, -0.25) is 9.59 Å². The van der Waals surface area contributed by atoms with E-state index < -0.39 is 5.91 Å². The maximum atomic E-state index is 12.5. The maximum absolute atomic E-state index is 12.5. The molecule has 5 nitrogen and oxygen atoms in total. The molecule has 8 heteroatoms. The Morgan fingerprint density at radius 3 is 2.72 bits per heavy atom. The predicted molar refractivity (Wildman–Crippen MR) is 101 cm³/mol. The molecule has 0 saturated heterocycles. The van der Waals surface area contributed by atoms with Gasteiger partial charge in [0.15, 0.2) is 0 Å². The highest BCUT2D eigenvalue weighted by Crippen LogP contribution is 2.34. The van der Waals surface area contributed by atoms with Crippen molar-refractivity contribution in [2.45, 2.75) is 13.5 Å². The molecule has 0 fully saturated rings. The number of thiophene rings is 1. The lowest BCUT2D eigenvalue weighted by Gasteiger charge is -2.05. The molecule has 0 aliphatic heterocycles. The summed E-state index contributed by atoms with van der Waals surface area (Å²) < 4.78 is 0.684. The lowest BCUT2D eigenvalue weighted by Crippen LogP contribution is -2.23. The fourth-order valence-corrected chi connectivity index (χ4v) is 4.32. The number of hydrogen-bond donors (Lipinski definition) is 2. The van der Waals surface area contributed by atoms with E-state index in [9.17, 15) is 9.59 Å². The van der Waals surface area contributed by atoms with Crippen molar-refractivity contribution in [2.24, 2.45) is 5.73 Å². The summed E-state index contributed by atoms with van der Waals surface area (Å²) in [6.07, 6.45) is 0. The first-order valence-corrected chi connectivity index (χ1v) is 9.35. The average molecular weight is 392 g/mol. The van der Waals surface area contributed by atoms with Crippen LogP contribution in [0.5, 0.6) is 0 Å². The van der Waals surface area contributed by atoms with E-state index in [4.69, 9.17) is 17.3 Å². The minimum Gasteiger partial charge on any atom is -0.366 e. The summed E-state index contributed by atoms with van der Waals surface area (Å²) in [5.41, 5.74) is 7.16. The normalized spacial score (nSPS) is 10.6. The number of rotatable bonds is 5. The number of hydrogen-bond acceptors (Lipinski definition) is 5. The maximum Gasteiger partial charge on any atom is 0.263 e. The number of thiazole rings is 1. The molecular weight excluding hydrogens is 378 g/mol. The number of amides is 2. The van der Waals surface area contributed by atoms with Gasteiger partial charge in [0.25, 0.3) is 5.91 Å². The monoisotopic (exact) mass is 391 g/mol. The number of primary amides is 1. The lowest BCUT2D eigenvalue weighted by atomic mass is 10.1. The van der Waals surface area contributed by atoms with Crippen molar-refractivity contribution >= 4 is 46.1 Å². The predicted octanol–water partition coefficient (Wildman–Crippen LogP) is 3.86. The zero-order valence-corrected chi connectivity index (χ0v) is 15.6. The summed E-state index contributed by atoms with van der Waals surface area (Å²) in [5, 5.41) is 3.62. The molecule has 0 bridgehead atoms. The highest BCUT2D eigenvalue weighted by Gasteiger charge is 2.17. The van der Waals surface area contributed by atoms with Gasteiger partial charge in [0.2, 0.25) is 5.91 Å². The Balaban J connectivity index is 1.72. The van der Waals surface area contributed by atoms with Gasteiger partial charge in [0.1, 0.15) is 9.88 Å². The van der Waals surface area contributed by atoms with Gasteiger partial charge < -0.3 is 11.1 Å². The van der Waals surface area contributed by atoms with E-state index in [0.29, 0.717) is 27.0 Å². The van der Waals surface area contributed by atoms with E-state index in [-0.39, 0.29) is 5.91 Å². The largest absolute Gasteiger partial charge is 0.366 e. The molecule has 0 saturated carbocycles. The Morgan fingerprint density at radius 2 is 2.04 bits per heavy atom. The van der Waals surface area contributed by atoms with Crippen LogP contribution in [0, 0.1) is 6.92 Å². The van der Waals surface area contributed by atoms with E-state index >= 15 is 0 Å². The highest BCUT2D eigenvalue weighted by atomic mass is 35.5. The summed E-state index contributed by atoms with van der Waals surface area (Å²) in [7, 11) is 0. The molecule has 2 aromatic heterocycles. The number of aromatic nitrogens is 1. The average Bonchev–Trinajstić information content (AvgIpc) is 3.18. The molecule has 2 amide bonds. The van der Waals surface area contributed by atoms with Gasteiger partial charge in [-0.1, -0.05) is 23.7 Å². The standard InChI is InChI=1S/C17H14ClN3O2S2/c1-9-14(25-17(21-9)12-5-6-13(18)24-12)16(23)20-8-10-3-2-4-11(7-10)15(19)22/h2-7H,8H2,1H3,(H2,19,22)(H,20,23). The fraction of sp³-hybridized carbons (Fsp3) is 0.118. The van der Waals surface area contributed by atoms with E-state index in [1.54, 1.807) is 25.1 Å². The van der Waals surface area contributed by atoms with E-state index in [1.165, 1.54) is 22.7 Å². The van der Waals surface area contributed by atoms with Crippen LogP contribution < -0.4 is 11.1 Å². The lowest BCUT2D eigenvalue weighted by molar-refractivity contribution is 0.0953. The molecule has 0 radical (unpaired) electrons. The third kappa shape index (κ3) is 4.07. The Morgan fingerprint density at radius 1 is 1.24 bits per heavy atom. The zero-order chi connectivity index (χ0) is 18.0. The van der Waals surface area contributed by atoms with E-state index in [1.807, 2.05) is 18.2 Å². The molecule has 3 aromatic rings. The first kappa shape index (κ1) is 17.6. The fourth-order valence-electron chi connectivity index (χ4n) is 2.24. The Hall–Kier alpha value is -2.22. The summed E-state index contributed by atoms with van der Waals surface area (Å²) in [6, 6.07) is 10.6. The number of halogens is 1. The van der Waals surface area contributed by atoms with Crippen LogP contribution in [-0.2, 0) is 6.54 Å². The first-order valence-electron chi connectivity index (χ1n) is 7.34. The van der Waals surface area contributed by atoms with Crippen molar-refractivity contribution in [3.8, 4) is 9.88 Å². The number of aryl methyl sites for hydroxylation is 1. The highest BCUT2D eigenvalue weighted by molar-refractivity contribution is 7.24. The first-order chi connectivity index (χ1) is 11.9. The van der Waals surface area contributed by atoms with Crippen LogP contribution in [0.1, 0.15) is 31.3 Å². The Bertz CT molecular complexity index is 949. The van der Waals surface area contributed by atoms with Gasteiger partial charge in [0.05, 0.1) is 14.9 Å². The quantitative estimate of drug-likeness (QED) is 0.692. The van der Waals surface area contributed by atoms with Crippen molar-refractivity contribution in [3.05, 3.63) is 62.4 Å². The minimum absolute atomic E-state index is 0.201. The van der Waals surface area contributed by atoms with Gasteiger partial charge in [-0.25, -0.2) is 4.98 Å². The Labute approximate surface area is 157 Å². The molecule has 3 N–H and O–H groups in total. The molecule has 0 aliphatic rings. The third-order valence-corrected chi connectivity index (χ3v) is 6.01. The second-order valence-corrected chi connectivity index (χ2v) is 8.00. The second kappa shape index (κ2) is 7.35. The number of carbonyl (C=O) groups is 2. The van der Waals surface area contributed by atoms with Crippen LogP contribution in [-0.4, -0.2) is 16.8 Å². The number of nitrogens with zero attached hydrogens (tertiary/aromatic N) is 1. The van der Waals surface area contributed by atoms with Gasteiger partial charge >= 0.3 is 0 Å². The number of nitrogens with two attached hydrogens (primary N) is 1. The van der Waals surface area contributed by atoms with Crippen LogP contribution in [0.2, 0.25) is 4.34 Å². The van der Waals surface area contributed by atoms with Crippen LogP contribution in [0.4, 0.5) is 0 Å². The van der Waals surface area contributed by atoms with Crippen molar-refractivity contribution in [1.82, 2.24) is 10.3 Å². The molecule has 0 unspecified atom stereocenters. The Kier molecular flexibility index (Phi) is 5.17. The number of nitrogens with one attached hydrogen (secondary N) is 1. The van der Waals surface area contributed by atoms with Gasteiger partial charge in [0, 0.05) is 12.1 Å². The van der Waals surface area contributed by atoms with Crippen LogP contribution in [0.15, 0.2) is 36.4 Å². The SMILES string of the molecule is Cc1nc(-c2ccc(Cl)s2)sc1C(=O)NCc1cccc(C(N)=O)c1. The molecule has 0 spiro atoms. The summed E-state index contributed by atoms with van der Waals surface area (Å²) in [6.45, 7) is 2.11. The van der Waals surface area contributed by atoms with Crippen LogP contribution in [0.3, 0.4) is 0 Å². The summed E-state index contributed by atoms with van der Waals surface area (Å²) in [4.78, 5) is 29.6. The third-order valence-electron chi connectivity index (χ3n) is 3.45. The van der Waals surface area contributed by atoms with Crippen molar-refractivity contribution in [1.29, 1.82) is 0 Å². The van der Waals surface area contributed by atoms with Gasteiger partial charge in [-0.2, -0.15) is 0 Å². The van der Waals surface area contributed by atoms with Gasteiger partial charge in [-0.05, 0) is 36.8 Å². The summed E-state index contributed by atoms with van der Waals surface area (Å²) >= 11 is 8.71. The van der Waals surface area contributed by atoms with Crippen LogP contribution >= 0.6 is 34.3 Å². The van der Waals surface area contributed by atoms with E-state index in [0.717, 1.165) is 15.4 Å². The van der Waals surface area contributed by atoms with Gasteiger partial charge in [-0.15, -0.1) is 22.7 Å². The molecule has 1 aromatic carbocycles. The number of benzene rings is 1. The topological polar surface area (TPSA) is 85.1 Å². The molecule has 0 atom stereocenters. The van der Waals surface area contributed by atoms with Crippen molar-refractivity contribution in [3.63, 3.8) is 0 Å². The molecular formula is C17H14ClN3O2S2. The van der Waals surface area contributed by atoms with E-state index in [2.05, 4.69) is 10.3 Å². The zero-order valence-electron chi connectivity index (χ0n) is 13.2. The number of carbonyl (C=O) groups excluding carboxylic acids is 2. The molecule has 2 heterocycles. The minimum atomic E-state index is -0.495. The molecule has 0 aliphatic carbocycles. The molecule has 25 heavy (non-hydrogen) atoms. The molecule has 3 rings (SSSR count). The summed E-state index contributed by atoms with van der Waals surface area (Å²) in [5.74, 6) is -0.695.